The van der Waals surface area contributed by atoms with Crippen molar-refractivity contribution in [2.45, 2.75) is 52.0 Å². The first-order valence-corrected chi connectivity index (χ1v) is 7.23. The Bertz CT molecular complexity index is 378. The lowest BCUT2D eigenvalue weighted by Gasteiger charge is -2.36. The van der Waals surface area contributed by atoms with Gasteiger partial charge in [0.1, 0.15) is 5.82 Å². The van der Waals surface area contributed by atoms with Gasteiger partial charge in [0.25, 0.3) is 0 Å². The van der Waals surface area contributed by atoms with E-state index in [-0.39, 0.29) is 0 Å². The minimum Gasteiger partial charge on any atom is -0.311 e. The molecule has 1 aromatic heterocycles. The maximum absolute atomic E-state index is 4.61. The summed E-state index contributed by atoms with van der Waals surface area (Å²) in [6, 6.07) is 2.45. The van der Waals surface area contributed by atoms with E-state index in [1.807, 2.05) is 13.1 Å². The second-order valence-corrected chi connectivity index (χ2v) is 5.41. The third-order valence-electron chi connectivity index (χ3n) is 4.35. The van der Waals surface area contributed by atoms with Crippen molar-refractivity contribution < 1.29 is 0 Å². The molecule has 0 radical (unpaired) electrons. The molecule has 0 saturated heterocycles. The van der Waals surface area contributed by atoms with Crippen molar-refractivity contribution in [3.8, 4) is 0 Å². The molecule has 2 rings (SSSR count). The minimum atomic E-state index is 0.386. The second kappa shape index (κ2) is 6.28. The van der Waals surface area contributed by atoms with Crippen LogP contribution in [0.1, 0.15) is 56.6 Å². The van der Waals surface area contributed by atoms with Crippen LogP contribution in [0.4, 0.5) is 0 Å². The highest BCUT2D eigenvalue weighted by molar-refractivity contribution is 5.09. The number of aromatic nitrogens is 2. The summed E-state index contributed by atoms with van der Waals surface area (Å²) in [5, 5.41) is 3.49. The first-order chi connectivity index (χ1) is 8.76. The monoisotopic (exact) mass is 247 g/mol. The topological polar surface area (TPSA) is 37.8 Å². The lowest BCUT2D eigenvalue weighted by atomic mass is 9.73. The highest BCUT2D eigenvalue weighted by Crippen LogP contribution is 2.39. The molecular weight excluding hydrogens is 222 g/mol. The van der Waals surface area contributed by atoms with Crippen LogP contribution in [0.3, 0.4) is 0 Å². The smallest absolute Gasteiger partial charge is 0.125 e. The van der Waals surface area contributed by atoms with Crippen molar-refractivity contribution >= 4 is 0 Å². The Morgan fingerprint density at radius 2 is 2.17 bits per heavy atom. The molecule has 1 aromatic rings. The van der Waals surface area contributed by atoms with E-state index >= 15 is 0 Å². The molecule has 1 aliphatic rings. The molecule has 3 nitrogen and oxygen atoms in total. The Balaban J connectivity index is 2.21. The number of nitrogens with zero attached hydrogens (tertiary/aromatic N) is 2. The predicted molar refractivity (Wildman–Crippen MR) is 74.3 cm³/mol. The zero-order chi connectivity index (χ0) is 13.0. The highest BCUT2D eigenvalue weighted by atomic mass is 15.0. The van der Waals surface area contributed by atoms with Crippen LogP contribution in [0, 0.1) is 18.8 Å². The van der Waals surface area contributed by atoms with E-state index in [1.165, 1.54) is 32.1 Å². The van der Waals surface area contributed by atoms with Crippen LogP contribution in [0.25, 0.3) is 0 Å². The molecule has 1 heterocycles. The molecule has 3 heteroatoms. The molecule has 0 amide bonds. The van der Waals surface area contributed by atoms with Gasteiger partial charge in [0.05, 0.1) is 11.7 Å². The van der Waals surface area contributed by atoms with Gasteiger partial charge >= 0.3 is 0 Å². The zero-order valence-corrected chi connectivity index (χ0v) is 11.8. The fourth-order valence-corrected chi connectivity index (χ4v) is 3.41. The van der Waals surface area contributed by atoms with E-state index in [0.717, 1.165) is 23.4 Å². The van der Waals surface area contributed by atoms with Gasteiger partial charge in [0.2, 0.25) is 0 Å². The molecule has 0 spiro atoms. The summed E-state index contributed by atoms with van der Waals surface area (Å²) in [4.78, 5) is 8.82. The third-order valence-corrected chi connectivity index (χ3v) is 4.35. The van der Waals surface area contributed by atoms with Gasteiger partial charge < -0.3 is 5.32 Å². The van der Waals surface area contributed by atoms with E-state index in [0.29, 0.717) is 6.04 Å². The summed E-state index contributed by atoms with van der Waals surface area (Å²) in [5.41, 5.74) is 1.16. The Hall–Kier alpha value is -0.960. The maximum atomic E-state index is 4.61. The molecule has 0 bridgehead atoms. The quantitative estimate of drug-likeness (QED) is 0.887. The van der Waals surface area contributed by atoms with Gasteiger partial charge in [-0.1, -0.05) is 32.6 Å². The van der Waals surface area contributed by atoms with Crippen molar-refractivity contribution in [2.75, 3.05) is 7.05 Å². The van der Waals surface area contributed by atoms with E-state index in [2.05, 4.69) is 35.3 Å². The average molecular weight is 247 g/mol. The number of hydrogen-bond donors (Lipinski definition) is 1. The fourth-order valence-electron chi connectivity index (χ4n) is 3.41. The Kier molecular flexibility index (Phi) is 4.70. The second-order valence-electron chi connectivity index (χ2n) is 5.41. The van der Waals surface area contributed by atoms with Crippen molar-refractivity contribution in [3.63, 3.8) is 0 Å². The Morgan fingerprint density at radius 1 is 1.39 bits per heavy atom. The predicted octanol–water partition coefficient (Wildman–Crippen LogP) is 3.26. The van der Waals surface area contributed by atoms with E-state index in [4.69, 9.17) is 0 Å². The van der Waals surface area contributed by atoms with Crippen LogP contribution in [0.15, 0.2) is 12.3 Å². The van der Waals surface area contributed by atoms with Crippen LogP contribution in [0.5, 0.6) is 0 Å². The molecule has 1 aliphatic carbocycles. The summed E-state index contributed by atoms with van der Waals surface area (Å²) in [6.07, 6.45) is 8.63. The number of hydrogen-bond acceptors (Lipinski definition) is 3. The van der Waals surface area contributed by atoms with E-state index in [1.54, 1.807) is 0 Å². The minimum absolute atomic E-state index is 0.386. The SMILES string of the molecule is CCC1CCCCC1C(NC)c1ccnc(C)n1. The number of rotatable bonds is 4. The zero-order valence-electron chi connectivity index (χ0n) is 11.8. The molecule has 0 aliphatic heterocycles. The number of aryl methyl sites for hydroxylation is 1. The molecule has 1 saturated carbocycles. The van der Waals surface area contributed by atoms with Gasteiger partial charge in [-0.2, -0.15) is 0 Å². The summed E-state index contributed by atoms with van der Waals surface area (Å²) < 4.78 is 0. The lowest BCUT2D eigenvalue weighted by Crippen LogP contribution is -2.33. The average Bonchev–Trinajstić information content (AvgIpc) is 2.40. The molecule has 18 heavy (non-hydrogen) atoms. The van der Waals surface area contributed by atoms with E-state index < -0.39 is 0 Å². The summed E-state index contributed by atoms with van der Waals surface area (Å²) >= 11 is 0. The van der Waals surface area contributed by atoms with Crippen LogP contribution >= 0.6 is 0 Å². The fraction of sp³-hybridized carbons (Fsp3) is 0.733. The molecule has 100 valence electrons. The summed E-state index contributed by atoms with van der Waals surface area (Å²) in [6.45, 7) is 4.29. The van der Waals surface area contributed by atoms with Gasteiger partial charge in [0.15, 0.2) is 0 Å². The largest absolute Gasteiger partial charge is 0.311 e. The van der Waals surface area contributed by atoms with Crippen molar-refractivity contribution in [1.29, 1.82) is 0 Å². The van der Waals surface area contributed by atoms with Crippen molar-refractivity contribution in [2.24, 2.45) is 11.8 Å². The van der Waals surface area contributed by atoms with Crippen LogP contribution in [-0.4, -0.2) is 17.0 Å². The van der Waals surface area contributed by atoms with Gasteiger partial charge in [-0.3, -0.25) is 0 Å². The Labute approximate surface area is 110 Å². The lowest BCUT2D eigenvalue weighted by molar-refractivity contribution is 0.178. The van der Waals surface area contributed by atoms with Gasteiger partial charge in [-0.15, -0.1) is 0 Å². The number of nitrogens with one attached hydrogen (secondary N) is 1. The van der Waals surface area contributed by atoms with Gasteiger partial charge in [-0.05, 0) is 38.3 Å². The van der Waals surface area contributed by atoms with Crippen molar-refractivity contribution in [3.05, 3.63) is 23.8 Å². The summed E-state index contributed by atoms with van der Waals surface area (Å²) in [5.74, 6) is 2.44. The molecule has 1 N–H and O–H groups in total. The molecule has 3 unspecified atom stereocenters. The Morgan fingerprint density at radius 3 is 2.83 bits per heavy atom. The molecule has 0 aromatic carbocycles. The third kappa shape index (κ3) is 2.89. The van der Waals surface area contributed by atoms with Crippen molar-refractivity contribution in [1.82, 2.24) is 15.3 Å². The normalized spacial score (nSPS) is 25.9. The maximum Gasteiger partial charge on any atom is 0.125 e. The standard InChI is InChI=1S/C15H25N3/c1-4-12-7-5-6-8-13(12)15(16-3)14-9-10-17-11(2)18-14/h9-10,12-13,15-16H,4-8H2,1-3H3. The molecule has 1 fully saturated rings. The molecule has 3 atom stereocenters. The highest BCUT2D eigenvalue weighted by Gasteiger charge is 2.31. The summed E-state index contributed by atoms with van der Waals surface area (Å²) in [7, 11) is 2.06. The van der Waals surface area contributed by atoms with Crippen LogP contribution in [-0.2, 0) is 0 Å². The van der Waals surface area contributed by atoms with E-state index in [9.17, 15) is 0 Å². The van der Waals surface area contributed by atoms with Crippen LogP contribution in [0.2, 0.25) is 0 Å². The van der Waals surface area contributed by atoms with Crippen LogP contribution < -0.4 is 5.32 Å². The first kappa shape index (κ1) is 13.5. The first-order valence-electron chi connectivity index (χ1n) is 7.23. The molecular formula is C15H25N3. The van der Waals surface area contributed by atoms with Gasteiger partial charge in [0, 0.05) is 6.20 Å². The van der Waals surface area contributed by atoms with Gasteiger partial charge in [-0.25, -0.2) is 9.97 Å².